The van der Waals surface area contributed by atoms with E-state index in [1.165, 1.54) is 31.9 Å². The zero-order chi connectivity index (χ0) is 8.72. The van der Waals surface area contributed by atoms with Crippen LogP contribution in [0.5, 0.6) is 0 Å². The molecule has 0 N–H and O–H groups in total. The molecule has 0 aromatic carbocycles. The van der Waals surface area contributed by atoms with Gasteiger partial charge in [-0.1, -0.05) is 6.58 Å². The second-order valence-corrected chi connectivity index (χ2v) is 4.38. The Hall–Kier alpha value is -0.500. The van der Waals surface area contributed by atoms with Crippen LogP contribution in [0.4, 0.5) is 0 Å². The Labute approximate surface area is 74.8 Å². The van der Waals surface area contributed by atoms with E-state index in [1.54, 1.807) is 0 Å². The molecular weight excluding hydrogens is 148 g/mol. The van der Waals surface area contributed by atoms with Gasteiger partial charge in [0.25, 0.3) is 0 Å². The van der Waals surface area contributed by atoms with Crippen LogP contribution in [0.2, 0.25) is 0 Å². The average molecular weight is 166 g/mol. The molecule has 0 spiro atoms. The summed E-state index contributed by atoms with van der Waals surface area (Å²) < 4.78 is 0. The fourth-order valence-corrected chi connectivity index (χ4v) is 2.17. The van der Waals surface area contributed by atoms with Crippen molar-refractivity contribution < 1.29 is 0 Å². The molecule has 0 bridgehead atoms. The lowest BCUT2D eigenvalue weighted by atomic mass is 9.81. The number of rotatable bonds is 2. The van der Waals surface area contributed by atoms with Crippen LogP contribution >= 0.6 is 0 Å². The summed E-state index contributed by atoms with van der Waals surface area (Å²) in [6, 6.07) is 0. The number of likely N-dealkylation sites (tertiary alicyclic amines) is 2. The lowest BCUT2D eigenvalue weighted by Gasteiger charge is -2.50. The minimum Gasteiger partial charge on any atom is -0.375 e. The van der Waals surface area contributed by atoms with Gasteiger partial charge in [-0.05, 0) is 25.8 Å². The average Bonchev–Trinajstić information content (AvgIpc) is 1.79. The number of hydrogen-bond acceptors (Lipinski definition) is 2. The zero-order valence-corrected chi connectivity index (χ0v) is 8.08. The molecule has 2 aliphatic heterocycles. The van der Waals surface area contributed by atoms with Gasteiger partial charge in [-0.25, -0.2) is 0 Å². The lowest BCUT2D eigenvalue weighted by molar-refractivity contribution is 0.00603. The highest BCUT2D eigenvalue weighted by Crippen LogP contribution is 2.31. The molecule has 2 heteroatoms. The number of allylic oxidation sites excluding steroid dienone is 1. The maximum atomic E-state index is 3.95. The largest absolute Gasteiger partial charge is 0.375 e. The van der Waals surface area contributed by atoms with Crippen LogP contribution in [0.3, 0.4) is 0 Å². The Morgan fingerprint density at radius 1 is 1.17 bits per heavy atom. The third-order valence-electron chi connectivity index (χ3n) is 3.21. The molecule has 2 fully saturated rings. The summed E-state index contributed by atoms with van der Waals surface area (Å²) in [6.07, 6.45) is 0. The first-order chi connectivity index (χ1) is 5.66. The standard InChI is InChI=1S/C10H18N2/c1-8(2)12-6-10(7-12)9-4-11(3)5-9/h9-10H,1,4-7H2,2-3H3. The third kappa shape index (κ3) is 1.24. The fraction of sp³-hybridized carbons (Fsp3) is 0.800. The van der Waals surface area contributed by atoms with Gasteiger partial charge in [0.1, 0.15) is 0 Å². The molecule has 2 rings (SSSR count). The van der Waals surface area contributed by atoms with Crippen molar-refractivity contribution in [3.8, 4) is 0 Å². The summed E-state index contributed by atoms with van der Waals surface area (Å²) >= 11 is 0. The normalized spacial score (nSPS) is 26.7. The molecule has 0 aromatic rings. The Kier molecular flexibility index (Phi) is 1.87. The fourth-order valence-electron chi connectivity index (χ4n) is 2.17. The van der Waals surface area contributed by atoms with Crippen LogP contribution in [-0.2, 0) is 0 Å². The van der Waals surface area contributed by atoms with Crippen molar-refractivity contribution >= 4 is 0 Å². The van der Waals surface area contributed by atoms with Gasteiger partial charge in [0.15, 0.2) is 0 Å². The predicted molar refractivity (Wildman–Crippen MR) is 50.9 cm³/mol. The van der Waals surface area contributed by atoms with E-state index in [-0.39, 0.29) is 0 Å². The molecule has 0 atom stereocenters. The minimum absolute atomic E-state index is 0.956. The maximum absolute atomic E-state index is 3.95. The van der Waals surface area contributed by atoms with Gasteiger partial charge in [0.2, 0.25) is 0 Å². The van der Waals surface area contributed by atoms with Crippen molar-refractivity contribution in [2.45, 2.75) is 6.92 Å². The summed E-state index contributed by atoms with van der Waals surface area (Å²) in [4.78, 5) is 4.77. The van der Waals surface area contributed by atoms with Gasteiger partial charge in [0, 0.05) is 31.9 Å². The number of hydrogen-bond donors (Lipinski definition) is 0. The molecule has 68 valence electrons. The molecule has 2 nitrogen and oxygen atoms in total. The summed E-state index contributed by atoms with van der Waals surface area (Å²) in [6.45, 7) is 11.2. The highest BCUT2D eigenvalue weighted by atomic mass is 15.2. The summed E-state index contributed by atoms with van der Waals surface area (Å²) in [5.74, 6) is 1.93. The lowest BCUT2D eigenvalue weighted by Crippen LogP contribution is -2.57. The first kappa shape index (κ1) is 8.11. The SMILES string of the molecule is C=C(C)N1CC(C2CN(C)C2)C1. The first-order valence-electron chi connectivity index (χ1n) is 4.76. The molecular formula is C10H18N2. The summed E-state index contributed by atoms with van der Waals surface area (Å²) in [5.41, 5.74) is 1.24. The Balaban J connectivity index is 1.72. The van der Waals surface area contributed by atoms with Gasteiger partial charge in [-0.3, -0.25) is 0 Å². The third-order valence-corrected chi connectivity index (χ3v) is 3.21. The van der Waals surface area contributed by atoms with E-state index in [4.69, 9.17) is 0 Å². The molecule has 2 aliphatic rings. The van der Waals surface area contributed by atoms with Gasteiger partial charge in [0.05, 0.1) is 0 Å². The molecule has 2 heterocycles. The van der Waals surface area contributed by atoms with Crippen molar-refractivity contribution in [3.63, 3.8) is 0 Å². The van der Waals surface area contributed by atoms with Crippen LogP contribution in [0, 0.1) is 11.8 Å². The van der Waals surface area contributed by atoms with E-state index in [1.807, 2.05) is 0 Å². The first-order valence-corrected chi connectivity index (χ1v) is 4.76. The summed E-state index contributed by atoms with van der Waals surface area (Å²) in [7, 11) is 2.20. The van der Waals surface area contributed by atoms with Gasteiger partial charge >= 0.3 is 0 Å². The van der Waals surface area contributed by atoms with Crippen LogP contribution in [0.25, 0.3) is 0 Å². The van der Waals surface area contributed by atoms with Gasteiger partial charge in [-0.15, -0.1) is 0 Å². The molecule has 0 radical (unpaired) electrons. The van der Waals surface area contributed by atoms with E-state index >= 15 is 0 Å². The molecule has 0 unspecified atom stereocenters. The molecule has 2 saturated heterocycles. The van der Waals surface area contributed by atoms with Crippen LogP contribution < -0.4 is 0 Å². The van der Waals surface area contributed by atoms with Crippen molar-refractivity contribution in [1.82, 2.24) is 9.80 Å². The predicted octanol–water partition coefficient (Wildman–Crippen LogP) is 1.01. The quantitative estimate of drug-likeness (QED) is 0.604. The van der Waals surface area contributed by atoms with Crippen molar-refractivity contribution in [1.29, 1.82) is 0 Å². The van der Waals surface area contributed by atoms with Crippen LogP contribution in [0.15, 0.2) is 12.3 Å². The zero-order valence-electron chi connectivity index (χ0n) is 8.08. The highest BCUT2D eigenvalue weighted by Gasteiger charge is 2.38. The smallest absolute Gasteiger partial charge is 0.0223 e. The van der Waals surface area contributed by atoms with Crippen molar-refractivity contribution in [2.24, 2.45) is 11.8 Å². The van der Waals surface area contributed by atoms with E-state index < -0.39 is 0 Å². The molecule has 0 aliphatic carbocycles. The van der Waals surface area contributed by atoms with E-state index in [9.17, 15) is 0 Å². The van der Waals surface area contributed by atoms with Crippen molar-refractivity contribution in [3.05, 3.63) is 12.3 Å². The van der Waals surface area contributed by atoms with Crippen molar-refractivity contribution in [2.75, 3.05) is 33.2 Å². The molecule has 0 saturated carbocycles. The molecule has 0 aromatic heterocycles. The van der Waals surface area contributed by atoms with E-state index in [0.29, 0.717) is 0 Å². The second kappa shape index (κ2) is 2.77. The van der Waals surface area contributed by atoms with E-state index in [2.05, 4.69) is 30.4 Å². The maximum Gasteiger partial charge on any atom is 0.0223 e. The highest BCUT2D eigenvalue weighted by molar-refractivity contribution is 5.00. The Bertz CT molecular complexity index is 188. The summed E-state index contributed by atoms with van der Waals surface area (Å²) in [5, 5.41) is 0. The molecule has 12 heavy (non-hydrogen) atoms. The van der Waals surface area contributed by atoms with Gasteiger partial charge < -0.3 is 9.80 Å². The topological polar surface area (TPSA) is 6.48 Å². The van der Waals surface area contributed by atoms with Gasteiger partial charge in [-0.2, -0.15) is 0 Å². The van der Waals surface area contributed by atoms with E-state index in [0.717, 1.165) is 11.8 Å². The van der Waals surface area contributed by atoms with Crippen LogP contribution in [-0.4, -0.2) is 43.0 Å². The Morgan fingerprint density at radius 2 is 1.67 bits per heavy atom. The van der Waals surface area contributed by atoms with Crippen LogP contribution in [0.1, 0.15) is 6.92 Å². The molecule has 0 amide bonds. The minimum atomic E-state index is 0.956. The number of nitrogens with zero attached hydrogens (tertiary/aromatic N) is 2. The monoisotopic (exact) mass is 166 g/mol. The Morgan fingerprint density at radius 3 is 2.08 bits per heavy atom. The second-order valence-electron chi connectivity index (χ2n) is 4.38.